The number of benzene rings is 1. The second kappa shape index (κ2) is 7.17. The Morgan fingerprint density at radius 3 is 2.33 bits per heavy atom. The molecule has 3 aliphatic rings. The van der Waals surface area contributed by atoms with Gasteiger partial charge in [0.1, 0.15) is 5.41 Å². The van der Waals surface area contributed by atoms with E-state index in [0.717, 1.165) is 25.9 Å². The summed E-state index contributed by atoms with van der Waals surface area (Å²) in [5.41, 5.74) is 3.12. The van der Waals surface area contributed by atoms with Crippen LogP contribution in [-0.4, -0.2) is 48.9 Å². The predicted molar refractivity (Wildman–Crippen MR) is 107 cm³/mol. The van der Waals surface area contributed by atoms with E-state index in [9.17, 15) is 9.59 Å². The summed E-state index contributed by atoms with van der Waals surface area (Å²) in [6.45, 7) is 7.36. The molecule has 1 saturated heterocycles. The Morgan fingerprint density at radius 2 is 1.70 bits per heavy atom. The average molecular weight is 370 g/mol. The van der Waals surface area contributed by atoms with Crippen LogP contribution in [0.3, 0.4) is 0 Å². The Labute approximate surface area is 162 Å². The van der Waals surface area contributed by atoms with Gasteiger partial charge in [-0.3, -0.25) is 9.59 Å². The Bertz CT molecular complexity index is 727. The first kappa shape index (κ1) is 18.3. The van der Waals surface area contributed by atoms with Crippen molar-refractivity contribution < 1.29 is 9.59 Å². The van der Waals surface area contributed by atoms with Gasteiger partial charge in [-0.15, -0.1) is 0 Å². The maximum absolute atomic E-state index is 13.1. The molecule has 1 aliphatic heterocycles. The molecule has 5 heteroatoms. The van der Waals surface area contributed by atoms with Crippen molar-refractivity contribution in [2.45, 2.75) is 58.4 Å². The molecule has 5 nitrogen and oxygen atoms in total. The molecule has 2 amide bonds. The first-order valence-corrected chi connectivity index (χ1v) is 10.4. The number of aryl methyl sites for hydroxylation is 1. The molecule has 0 unspecified atom stereocenters. The smallest absolute Gasteiger partial charge is 0.238 e. The molecule has 2 saturated carbocycles. The van der Waals surface area contributed by atoms with Gasteiger partial charge < -0.3 is 15.1 Å². The van der Waals surface area contributed by atoms with Gasteiger partial charge in [-0.05, 0) is 56.7 Å². The molecule has 3 fully saturated rings. The summed E-state index contributed by atoms with van der Waals surface area (Å²) in [6, 6.07) is 6.68. The third-order valence-corrected chi connectivity index (χ3v) is 6.77. The van der Waals surface area contributed by atoms with Crippen molar-refractivity contribution in [3.05, 3.63) is 29.3 Å². The molecule has 0 radical (unpaired) electrons. The van der Waals surface area contributed by atoms with E-state index in [-0.39, 0.29) is 17.9 Å². The summed E-state index contributed by atoms with van der Waals surface area (Å²) in [4.78, 5) is 30.2. The summed E-state index contributed by atoms with van der Waals surface area (Å²) in [5.74, 6) is 0.0370. The highest BCUT2D eigenvalue weighted by Crippen LogP contribution is 2.48. The molecule has 1 heterocycles. The molecule has 0 bridgehead atoms. The third-order valence-electron chi connectivity index (χ3n) is 6.77. The summed E-state index contributed by atoms with van der Waals surface area (Å²) < 4.78 is 0. The number of nitrogens with one attached hydrogen (secondary N) is 1. The molecule has 2 aliphatic carbocycles. The van der Waals surface area contributed by atoms with Gasteiger partial charge in [0.25, 0.3) is 0 Å². The Balaban J connectivity index is 1.37. The maximum Gasteiger partial charge on any atom is 0.238 e. The van der Waals surface area contributed by atoms with Crippen LogP contribution >= 0.6 is 0 Å². The quantitative estimate of drug-likeness (QED) is 0.831. The standard InChI is InChI=1S/C22H31N3O2/c1-16-6-5-9-19(17(16)2)24-12-14-25(15-13-24)21(27)22(10-11-22)20(26)23-18-7-3-4-8-18/h5-6,9,18H,3-4,7-8,10-15H2,1-2H3,(H,23,26). The Kier molecular flexibility index (Phi) is 4.87. The summed E-state index contributed by atoms with van der Waals surface area (Å²) >= 11 is 0. The first-order chi connectivity index (χ1) is 13.0. The van der Waals surface area contributed by atoms with Crippen LogP contribution < -0.4 is 10.2 Å². The number of carbonyl (C=O) groups is 2. The van der Waals surface area contributed by atoms with Gasteiger partial charge in [0.15, 0.2) is 0 Å². The fourth-order valence-corrected chi connectivity index (χ4v) is 4.59. The van der Waals surface area contributed by atoms with E-state index >= 15 is 0 Å². The zero-order valence-corrected chi connectivity index (χ0v) is 16.6. The van der Waals surface area contributed by atoms with Crippen molar-refractivity contribution >= 4 is 17.5 Å². The molecule has 1 aromatic rings. The highest BCUT2D eigenvalue weighted by atomic mass is 16.2. The highest BCUT2D eigenvalue weighted by molar-refractivity contribution is 6.08. The van der Waals surface area contributed by atoms with E-state index in [0.29, 0.717) is 25.9 Å². The molecular weight excluding hydrogens is 338 g/mol. The van der Waals surface area contributed by atoms with E-state index in [1.54, 1.807) is 0 Å². The van der Waals surface area contributed by atoms with Crippen molar-refractivity contribution in [2.75, 3.05) is 31.1 Å². The zero-order valence-electron chi connectivity index (χ0n) is 16.6. The molecule has 146 valence electrons. The molecule has 27 heavy (non-hydrogen) atoms. The summed E-state index contributed by atoms with van der Waals surface area (Å²) in [7, 11) is 0. The second-order valence-electron chi connectivity index (χ2n) is 8.54. The van der Waals surface area contributed by atoms with E-state index in [1.165, 1.54) is 29.7 Å². The predicted octanol–water partition coefficient (Wildman–Crippen LogP) is 2.79. The van der Waals surface area contributed by atoms with Gasteiger partial charge in [0, 0.05) is 37.9 Å². The van der Waals surface area contributed by atoms with Crippen LogP contribution in [0.4, 0.5) is 5.69 Å². The van der Waals surface area contributed by atoms with Crippen molar-refractivity contribution in [1.29, 1.82) is 0 Å². The van der Waals surface area contributed by atoms with Crippen LogP contribution in [0.1, 0.15) is 49.7 Å². The Hall–Kier alpha value is -2.04. The maximum atomic E-state index is 13.1. The van der Waals surface area contributed by atoms with Crippen LogP contribution in [-0.2, 0) is 9.59 Å². The number of piperazine rings is 1. The number of hydrogen-bond donors (Lipinski definition) is 1. The first-order valence-electron chi connectivity index (χ1n) is 10.4. The lowest BCUT2D eigenvalue weighted by atomic mass is 10.0. The lowest BCUT2D eigenvalue weighted by Gasteiger charge is -2.38. The van der Waals surface area contributed by atoms with Crippen molar-refractivity contribution in [2.24, 2.45) is 5.41 Å². The number of rotatable bonds is 4. The minimum Gasteiger partial charge on any atom is -0.368 e. The second-order valence-corrected chi connectivity index (χ2v) is 8.54. The zero-order chi connectivity index (χ0) is 19.0. The monoisotopic (exact) mass is 369 g/mol. The van der Waals surface area contributed by atoms with Crippen LogP contribution in [0.5, 0.6) is 0 Å². The largest absolute Gasteiger partial charge is 0.368 e. The molecular formula is C22H31N3O2. The van der Waals surface area contributed by atoms with Crippen LogP contribution in [0.15, 0.2) is 18.2 Å². The van der Waals surface area contributed by atoms with Crippen LogP contribution in [0.25, 0.3) is 0 Å². The Morgan fingerprint density at radius 1 is 1.04 bits per heavy atom. The van der Waals surface area contributed by atoms with E-state index in [4.69, 9.17) is 0 Å². The van der Waals surface area contributed by atoms with Crippen molar-refractivity contribution in [3.63, 3.8) is 0 Å². The minimum absolute atomic E-state index is 0.0173. The van der Waals surface area contributed by atoms with Crippen LogP contribution in [0, 0.1) is 19.3 Å². The molecule has 0 spiro atoms. The SMILES string of the molecule is Cc1cccc(N2CCN(C(=O)C3(C(=O)NC4CCCC4)CC3)CC2)c1C. The minimum atomic E-state index is -0.760. The summed E-state index contributed by atoms with van der Waals surface area (Å²) in [6.07, 6.45) is 5.91. The number of nitrogens with zero attached hydrogens (tertiary/aromatic N) is 2. The third kappa shape index (κ3) is 3.44. The summed E-state index contributed by atoms with van der Waals surface area (Å²) in [5, 5.41) is 3.15. The number of hydrogen-bond acceptors (Lipinski definition) is 3. The van der Waals surface area contributed by atoms with Gasteiger partial charge in [-0.25, -0.2) is 0 Å². The average Bonchev–Trinajstić information content (AvgIpc) is 3.34. The van der Waals surface area contributed by atoms with Crippen LogP contribution in [0.2, 0.25) is 0 Å². The fraction of sp³-hybridized carbons (Fsp3) is 0.636. The van der Waals surface area contributed by atoms with Crippen molar-refractivity contribution in [1.82, 2.24) is 10.2 Å². The van der Waals surface area contributed by atoms with Gasteiger partial charge in [0.2, 0.25) is 11.8 Å². The normalized spacial score (nSPS) is 22.0. The lowest BCUT2D eigenvalue weighted by Crippen LogP contribution is -2.54. The van der Waals surface area contributed by atoms with Gasteiger partial charge in [-0.1, -0.05) is 25.0 Å². The molecule has 1 N–H and O–H groups in total. The molecule has 1 aromatic carbocycles. The van der Waals surface area contributed by atoms with E-state index in [1.807, 2.05) is 4.90 Å². The molecule has 4 rings (SSSR count). The topological polar surface area (TPSA) is 52.7 Å². The number of amides is 2. The van der Waals surface area contributed by atoms with E-state index < -0.39 is 5.41 Å². The number of carbonyl (C=O) groups excluding carboxylic acids is 2. The van der Waals surface area contributed by atoms with E-state index in [2.05, 4.69) is 42.3 Å². The molecule has 0 atom stereocenters. The van der Waals surface area contributed by atoms with Crippen molar-refractivity contribution in [3.8, 4) is 0 Å². The van der Waals surface area contributed by atoms with Gasteiger partial charge in [-0.2, -0.15) is 0 Å². The fourth-order valence-electron chi connectivity index (χ4n) is 4.59. The van der Waals surface area contributed by atoms with Gasteiger partial charge in [0.05, 0.1) is 0 Å². The molecule has 0 aromatic heterocycles. The lowest BCUT2D eigenvalue weighted by molar-refractivity contribution is -0.144. The highest BCUT2D eigenvalue weighted by Gasteiger charge is 2.58. The van der Waals surface area contributed by atoms with Gasteiger partial charge >= 0.3 is 0 Å². The number of anilines is 1.